The molecule has 2 aliphatic heterocycles. The summed E-state index contributed by atoms with van der Waals surface area (Å²) in [5.74, 6) is -0.507. The van der Waals surface area contributed by atoms with Crippen LogP contribution in [0.15, 0.2) is 47.1 Å². The van der Waals surface area contributed by atoms with Crippen molar-refractivity contribution in [2.45, 2.75) is 57.0 Å². The van der Waals surface area contributed by atoms with E-state index in [0.717, 1.165) is 12.8 Å². The number of urea groups is 1. The Morgan fingerprint density at radius 1 is 1.00 bits per heavy atom. The number of fused-ring (bicyclic) bond motifs is 1. The second-order valence-electron chi connectivity index (χ2n) is 10.6. The van der Waals surface area contributed by atoms with Gasteiger partial charge in [-0.15, -0.1) is 0 Å². The highest BCUT2D eigenvalue weighted by Gasteiger charge is 2.52. The highest BCUT2D eigenvalue weighted by molar-refractivity contribution is 6.00. The third kappa shape index (κ3) is 5.75. The van der Waals surface area contributed by atoms with Gasteiger partial charge in [-0.25, -0.2) is 4.79 Å². The summed E-state index contributed by atoms with van der Waals surface area (Å²) in [5, 5.41) is 2.80. The normalized spacial score (nSPS) is 24.8. The van der Waals surface area contributed by atoms with Crippen molar-refractivity contribution in [3.8, 4) is 0 Å². The van der Waals surface area contributed by atoms with Crippen LogP contribution in [0.3, 0.4) is 0 Å². The second kappa shape index (κ2) is 12.2. The number of benzene rings is 1. The third-order valence-electron chi connectivity index (χ3n) is 8.23. The maximum Gasteiger partial charge on any atom is 0.327 e. The van der Waals surface area contributed by atoms with Crippen molar-refractivity contribution in [1.29, 1.82) is 0 Å². The monoisotopic (exact) mass is 552 g/mol. The van der Waals surface area contributed by atoms with E-state index in [2.05, 4.69) is 5.32 Å². The number of nitrogens with zero attached hydrogens (tertiary/aromatic N) is 3. The van der Waals surface area contributed by atoms with E-state index in [0.29, 0.717) is 42.8 Å². The van der Waals surface area contributed by atoms with Gasteiger partial charge in [0.25, 0.3) is 5.91 Å². The van der Waals surface area contributed by atoms with Gasteiger partial charge in [0, 0.05) is 38.9 Å². The maximum atomic E-state index is 13.8. The van der Waals surface area contributed by atoms with Gasteiger partial charge in [-0.2, -0.15) is 0 Å². The maximum absolute atomic E-state index is 13.8. The van der Waals surface area contributed by atoms with E-state index >= 15 is 0 Å². The molecule has 4 unspecified atom stereocenters. The molecule has 1 aromatic carbocycles. The number of hydrogen-bond acceptors (Lipinski definition) is 7. The Labute approximate surface area is 233 Å². The van der Waals surface area contributed by atoms with Crippen molar-refractivity contribution in [3.63, 3.8) is 0 Å². The van der Waals surface area contributed by atoms with Gasteiger partial charge in [0.05, 0.1) is 37.5 Å². The quantitative estimate of drug-likeness (QED) is 0.507. The van der Waals surface area contributed by atoms with Crippen LogP contribution in [0.2, 0.25) is 0 Å². The number of amides is 5. The van der Waals surface area contributed by atoms with Crippen LogP contribution in [0.5, 0.6) is 0 Å². The largest absolute Gasteiger partial charge is 0.467 e. The molecule has 214 valence electrons. The lowest BCUT2D eigenvalue weighted by Crippen LogP contribution is -2.66. The molecule has 1 aliphatic carbocycles. The SMILES string of the molecule is COC1CC2C(=O)N(Cc3ccc(C(=O)NCc4ccco4)cc3)C(=O)N(CC(=O)N3CCCC3)C2CC1OC. The van der Waals surface area contributed by atoms with Crippen molar-refractivity contribution >= 4 is 23.8 Å². The van der Waals surface area contributed by atoms with Gasteiger partial charge in [0.2, 0.25) is 11.8 Å². The van der Waals surface area contributed by atoms with E-state index in [4.69, 9.17) is 13.9 Å². The molecular formula is C29H36N4O7. The van der Waals surface area contributed by atoms with Crippen LogP contribution >= 0.6 is 0 Å². The molecule has 5 rings (SSSR count). The summed E-state index contributed by atoms with van der Waals surface area (Å²) in [6.07, 6.45) is 3.69. The van der Waals surface area contributed by atoms with Crippen LogP contribution < -0.4 is 5.32 Å². The van der Waals surface area contributed by atoms with Crippen LogP contribution in [-0.4, -0.2) is 90.6 Å². The second-order valence-corrected chi connectivity index (χ2v) is 10.6. The first kappa shape index (κ1) is 27.9. The molecule has 1 saturated carbocycles. The van der Waals surface area contributed by atoms with E-state index in [1.165, 1.54) is 4.90 Å². The first-order valence-electron chi connectivity index (χ1n) is 13.7. The molecule has 3 fully saturated rings. The van der Waals surface area contributed by atoms with Crippen molar-refractivity contribution in [1.82, 2.24) is 20.0 Å². The minimum atomic E-state index is -0.507. The number of furan rings is 1. The predicted octanol–water partition coefficient (Wildman–Crippen LogP) is 2.40. The lowest BCUT2D eigenvalue weighted by molar-refractivity contribution is -0.154. The minimum Gasteiger partial charge on any atom is -0.467 e. The zero-order chi connectivity index (χ0) is 28.2. The summed E-state index contributed by atoms with van der Waals surface area (Å²) in [6.45, 7) is 1.60. The van der Waals surface area contributed by atoms with Crippen molar-refractivity contribution < 1.29 is 33.1 Å². The summed E-state index contributed by atoms with van der Waals surface area (Å²) in [6, 6.07) is 9.39. The van der Waals surface area contributed by atoms with E-state index in [9.17, 15) is 19.2 Å². The number of carbonyl (C=O) groups excluding carboxylic acids is 4. The fourth-order valence-electron chi connectivity index (χ4n) is 5.98. The zero-order valence-electron chi connectivity index (χ0n) is 22.9. The molecule has 5 amide bonds. The molecule has 1 N–H and O–H groups in total. The van der Waals surface area contributed by atoms with E-state index in [1.807, 2.05) is 0 Å². The van der Waals surface area contributed by atoms with Gasteiger partial charge >= 0.3 is 6.03 Å². The third-order valence-corrected chi connectivity index (χ3v) is 8.23. The molecule has 11 heteroatoms. The summed E-state index contributed by atoms with van der Waals surface area (Å²) in [5.41, 5.74) is 1.15. The molecule has 2 aromatic rings. The molecular weight excluding hydrogens is 516 g/mol. The number of carbonyl (C=O) groups is 4. The predicted molar refractivity (Wildman–Crippen MR) is 143 cm³/mol. The zero-order valence-corrected chi connectivity index (χ0v) is 22.9. The lowest BCUT2D eigenvalue weighted by atomic mass is 9.78. The molecule has 4 atom stereocenters. The number of ether oxygens (including phenoxy) is 2. The van der Waals surface area contributed by atoms with E-state index in [1.54, 1.807) is 66.7 Å². The van der Waals surface area contributed by atoms with Crippen molar-refractivity contribution in [2.75, 3.05) is 33.9 Å². The standard InChI is InChI=1S/C29H36N4O7/c1-38-24-14-22-23(15-25(24)39-2)32(18-26(34)31-11-3-4-12-31)29(37)33(28(22)36)17-19-7-9-20(10-8-19)27(35)30-16-21-6-5-13-40-21/h5-10,13,22-25H,3-4,11-12,14-18H2,1-2H3,(H,30,35). The Morgan fingerprint density at radius 2 is 1.70 bits per heavy atom. The van der Waals surface area contributed by atoms with Gasteiger partial charge in [0.15, 0.2) is 0 Å². The van der Waals surface area contributed by atoms with Gasteiger partial charge in [-0.1, -0.05) is 12.1 Å². The Bertz CT molecular complexity index is 1210. The molecule has 2 saturated heterocycles. The average molecular weight is 553 g/mol. The minimum absolute atomic E-state index is 0.0366. The number of hydrogen-bond donors (Lipinski definition) is 1. The number of rotatable bonds is 9. The van der Waals surface area contributed by atoms with Crippen LogP contribution in [0, 0.1) is 5.92 Å². The van der Waals surface area contributed by atoms with E-state index < -0.39 is 18.0 Å². The molecule has 3 heterocycles. The smallest absolute Gasteiger partial charge is 0.327 e. The van der Waals surface area contributed by atoms with Crippen molar-refractivity contribution in [3.05, 3.63) is 59.5 Å². The topological polar surface area (TPSA) is 122 Å². The molecule has 11 nitrogen and oxygen atoms in total. The first-order valence-corrected chi connectivity index (χ1v) is 13.7. The molecule has 0 spiro atoms. The highest BCUT2D eigenvalue weighted by Crippen LogP contribution is 2.37. The van der Waals surface area contributed by atoms with Crippen molar-refractivity contribution in [2.24, 2.45) is 5.92 Å². The fraction of sp³-hybridized carbons (Fsp3) is 0.517. The van der Waals surface area contributed by atoms with Crippen LogP contribution in [0.1, 0.15) is 47.4 Å². The van der Waals surface area contributed by atoms with Gasteiger partial charge < -0.3 is 29.0 Å². The number of nitrogens with one attached hydrogen (secondary N) is 1. The number of methoxy groups -OCH3 is 2. The van der Waals surface area contributed by atoms with E-state index in [-0.39, 0.29) is 49.6 Å². The summed E-state index contributed by atoms with van der Waals surface area (Å²) >= 11 is 0. The summed E-state index contributed by atoms with van der Waals surface area (Å²) < 4.78 is 16.5. The van der Waals surface area contributed by atoms with Gasteiger partial charge in [-0.05, 0) is 55.5 Å². The Balaban J connectivity index is 1.32. The van der Waals surface area contributed by atoms with Gasteiger partial charge in [-0.3, -0.25) is 19.3 Å². The Morgan fingerprint density at radius 3 is 2.35 bits per heavy atom. The molecule has 0 radical (unpaired) electrons. The summed E-state index contributed by atoms with van der Waals surface area (Å²) in [7, 11) is 3.19. The van der Waals surface area contributed by atoms with Gasteiger partial charge in [0.1, 0.15) is 12.3 Å². The van der Waals surface area contributed by atoms with Crippen LogP contribution in [-0.2, 0) is 32.2 Å². The van der Waals surface area contributed by atoms with Crippen LogP contribution in [0.4, 0.5) is 4.79 Å². The number of likely N-dealkylation sites (tertiary alicyclic amines) is 1. The molecule has 40 heavy (non-hydrogen) atoms. The Hall–Kier alpha value is -3.70. The highest BCUT2D eigenvalue weighted by atomic mass is 16.5. The number of imide groups is 1. The molecule has 0 bridgehead atoms. The average Bonchev–Trinajstić information content (AvgIpc) is 3.71. The Kier molecular flexibility index (Phi) is 8.51. The first-order chi connectivity index (χ1) is 19.4. The molecule has 3 aliphatic rings. The summed E-state index contributed by atoms with van der Waals surface area (Å²) in [4.78, 5) is 57.7. The van der Waals surface area contributed by atoms with Crippen LogP contribution in [0.25, 0.3) is 0 Å². The lowest BCUT2D eigenvalue weighted by Gasteiger charge is -2.49. The molecule has 1 aromatic heterocycles. The fourth-order valence-corrected chi connectivity index (χ4v) is 5.98.